The Labute approximate surface area is 77.1 Å². The van der Waals surface area contributed by atoms with E-state index in [-0.39, 0.29) is 5.92 Å². The predicted octanol–water partition coefficient (Wildman–Crippen LogP) is -0.387. The van der Waals surface area contributed by atoms with Gasteiger partial charge in [0.2, 0.25) is 0 Å². The lowest BCUT2D eigenvalue weighted by atomic mass is 9.81. The maximum Gasteiger partial charge on any atom is 0.405 e. The van der Waals surface area contributed by atoms with E-state index in [0.717, 1.165) is 0 Å². The summed E-state index contributed by atoms with van der Waals surface area (Å²) >= 11 is 0. The molecule has 3 atom stereocenters. The van der Waals surface area contributed by atoms with Gasteiger partial charge in [-0.3, -0.25) is 0 Å². The first kappa shape index (κ1) is 10.3. The van der Waals surface area contributed by atoms with E-state index in [1.54, 1.807) is 6.92 Å². The normalized spacial score (nSPS) is 39.9. The SMILES string of the molecule is C[C@H]1CNC[C@@H](NC(=O)O)[C@]1(C)O. The smallest absolute Gasteiger partial charge is 0.405 e. The van der Waals surface area contributed by atoms with Gasteiger partial charge in [0.15, 0.2) is 0 Å². The van der Waals surface area contributed by atoms with Crippen LogP contribution in [0.2, 0.25) is 0 Å². The molecule has 5 heteroatoms. The molecule has 76 valence electrons. The number of nitrogens with one attached hydrogen (secondary N) is 2. The van der Waals surface area contributed by atoms with Crippen molar-refractivity contribution in [3.63, 3.8) is 0 Å². The van der Waals surface area contributed by atoms with Gasteiger partial charge in [-0.05, 0) is 12.8 Å². The molecule has 0 bridgehead atoms. The van der Waals surface area contributed by atoms with Crippen LogP contribution in [0.5, 0.6) is 0 Å². The average molecular weight is 188 g/mol. The maximum absolute atomic E-state index is 10.4. The Bertz CT molecular complexity index is 206. The number of carboxylic acid groups (broad SMARTS) is 1. The van der Waals surface area contributed by atoms with Gasteiger partial charge < -0.3 is 20.8 Å². The summed E-state index contributed by atoms with van der Waals surface area (Å²) < 4.78 is 0. The summed E-state index contributed by atoms with van der Waals surface area (Å²) in [6.07, 6.45) is -1.10. The Morgan fingerprint density at radius 1 is 1.62 bits per heavy atom. The summed E-state index contributed by atoms with van der Waals surface area (Å²) in [5.74, 6) is 0.0399. The zero-order valence-electron chi connectivity index (χ0n) is 7.87. The van der Waals surface area contributed by atoms with Crippen molar-refractivity contribution >= 4 is 6.09 Å². The van der Waals surface area contributed by atoms with Crippen LogP contribution in [0.1, 0.15) is 13.8 Å². The average Bonchev–Trinajstić information content (AvgIpc) is 1.99. The Morgan fingerprint density at radius 3 is 2.77 bits per heavy atom. The molecule has 4 N–H and O–H groups in total. The van der Waals surface area contributed by atoms with Crippen LogP contribution in [-0.4, -0.2) is 41.0 Å². The molecule has 0 aliphatic carbocycles. The summed E-state index contributed by atoms with van der Waals surface area (Å²) in [4.78, 5) is 10.4. The highest BCUT2D eigenvalue weighted by molar-refractivity contribution is 5.65. The van der Waals surface area contributed by atoms with Crippen LogP contribution in [0.25, 0.3) is 0 Å². The minimum Gasteiger partial charge on any atom is -0.465 e. The van der Waals surface area contributed by atoms with Gasteiger partial charge in [-0.2, -0.15) is 0 Å². The third-order valence-electron chi connectivity index (χ3n) is 2.80. The number of rotatable bonds is 1. The lowest BCUT2D eigenvalue weighted by molar-refractivity contribution is -0.0423. The number of hydrogen-bond acceptors (Lipinski definition) is 3. The van der Waals surface area contributed by atoms with E-state index < -0.39 is 17.7 Å². The quantitative estimate of drug-likeness (QED) is 0.452. The van der Waals surface area contributed by atoms with Crippen molar-refractivity contribution in [3.8, 4) is 0 Å². The Balaban J connectivity index is 2.66. The molecule has 0 aromatic heterocycles. The molecule has 1 amide bonds. The van der Waals surface area contributed by atoms with E-state index in [2.05, 4.69) is 10.6 Å². The zero-order chi connectivity index (χ0) is 10.1. The van der Waals surface area contributed by atoms with Gasteiger partial charge in [0.1, 0.15) is 0 Å². The van der Waals surface area contributed by atoms with Crippen LogP contribution >= 0.6 is 0 Å². The van der Waals surface area contributed by atoms with Crippen molar-refractivity contribution in [1.82, 2.24) is 10.6 Å². The Morgan fingerprint density at radius 2 is 2.23 bits per heavy atom. The number of amides is 1. The zero-order valence-corrected chi connectivity index (χ0v) is 7.87. The molecule has 0 aromatic carbocycles. The molecule has 1 aliphatic heterocycles. The largest absolute Gasteiger partial charge is 0.465 e. The maximum atomic E-state index is 10.4. The van der Waals surface area contributed by atoms with Crippen molar-refractivity contribution in [2.45, 2.75) is 25.5 Å². The van der Waals surface area contributed by atoms with Crippen molar-refractivity contribution in [3.05, 3.63) is 0 Å². The van der Waals surface area contributed by atoms with E-state index >= 15 is 0 Å². The first-order chi connectivity index (χ1) is 5.94. The topological polar surface area (TPSA) is 81.6 Å². The van der Waals surface area contributed by atoms with Crippen LogP contribution in [0.4, 0.5) is 4.79 Å². The molecular formula is C8H16N2O3. The van der Waals surface area contributed by atoms with Gasteiger partial charge in [-0.25, -0.2) is 4.79 Å². The molecule has 1 heterocycles. The molecule has 13 heavy (non-hydrogen) atoms. The molecule has 0 spiro atoms. The highest BCUT2D eigenvalue weighted by Crippen LogP contribution is 2.23. The molecule has 1 rings (SSSR count). The molecule has 0 saturated carbocycles. The van der Waals surface area contributed by atoms with Crippen molar-refractivity contribution < 1.29 is 15.0 Å². The molecule has 0 radical (unpaired) electrons. The van der Waals surface area contributed by atoms with Crippen molar-refractivity contribution in [2.75, 3.05) is 13.1 Å². The van der Waals surface area contributed by atoms with Gasteiger partial charge >= 0.3 is 6.09 Å². The molecule has 5 nitrogen and oxygen atoms in total. The standard InChI is InChI=1S/C8H16N2O3/c1-5-3-9-4-6(8(5,2)13)10-7(11)12/h5-6,9-10,13H,3-4H2,1-2H3,(H,11,12)/t5-,6+,8+/m0/s1. The van der Waals surface area contributed by atoms with E-state index in [0.29, 0.717) is 13.1 Å². The fourth-order valence-electron chi connectivity index (χ4n) is 1.55. The summed E-state index contributed by atoms with van der Waals surface area (Å²) in [5, 5.41) is 23.9. The molecule has 1 fully saturated rings. The monoisotopic (exact) mass is 188 g/mol. The number of hydrogen-bond donors (Lipinski definition) is 4. The summed E-state index contributed by atoms with van der Waals surface area (Å²) in [5.41, 5.74) is -0.969. The number of carbonyl (C=O) groups is 1. The van der Waals surface area contributed by atoms with Crippen molar-refractivity contribution in [2.24, 2.45) is 5.92 Å². The third-order valence-corrected chi connectivity index (χ3v) is 2.80. The lowest BCUT2D eigenvalue weighted by Crippen LogP contribution is -2.63. The highest BCUT2D eigenvalue weighted by Gasteiger charge is 2.40. The highest BCUT2D eigenvalue weighted by atomic mass is 16.4. The van der Waals surface area contributed by atoms with E-state index in [4.69, 9.17) is 5.11 Å². The minimum atomic E-state index is -1.10. The molecular weight excluding hydrogens is 172 g/mol. The van der Waals surface area contributed by atoms with Gasteiger partial charge in [-0.1, -0.05) is 6.92 Å². The molecule has 1 saturated heterocycles. The Kier molecular flexibility index (Phi) is 2.77. The van der Waals surface area contributed by atoms with Crippen LogP contribution < -0.4 is 10.6 Å². The van der Waals surface area contributed by atoms with Crippen LogP contribution in [0.15, 0.2) is 0 Å². The van der Waals surface area contributed by atoms with Gasteiger partial charge in [0.05, 0.1) is 11.6 Å². The predicted molar refractivity (Wildman–Crippen MR) is 47.6 cm³/mol. The molecule has 1 aliphatic rings. The minimum absolute atomic E-state index is 0.0399. The lowest BCUT2D eigenvalue weighted by Gasteiger charge is -2.42. The Hall–Kier alpha value is -0.810. The third kappa shape index (κ3) is 2.10. The molecule has 0 unspecified atom stereocenters. The summed E-state index contributed by atoms with van der Waals surface area (Å²) in [7, 11) is 0. The second-order valence-corrected chi connectivity index (χ2v) is 3.79. The number of aliphatic hydroxyl groups is 1. The van der Waals surface area contributed by atoms with Crippen LogP contribution in [0, 0.1) is 5.92 Å². The molecule has 0 aromatic rings. The van der Waals surface area contributed by atoms with Crippen molar-refractivity contribution in [1.29, 1.82) is 0 Å². The first-order valence-electron chi connectivity index (χ1n) is 4.37. The summed E-state index contributed by atoms with van der Waals surface area (Å²) in [6.45, 7) is 4.75. The second-order valence-electron chi connectivity index (χ2n) is 3.79. The fourth-order valence-corrected chi connectivity index (χ4v) is 1.55. The van der Waals surface area contributed by atoms with E-state index in [9.17, 15) is 9.90 Å². The first-order valence-corrected chi connectivity index (χ1v) is 4.37. The fraction of sp³-hybridized carbons (Fsp3) is 0.875. The van der Waals surface area contributed by atoms with Gasteiger partial charge in [-0.15, -0.1) is 0 Å². The van der Waals surface area contributed by atoms with E-state index in [1.165, 1.54) is 0 Å². The number of piperidine rings is 1. The van der Waals surface area contributed by atoms with E-state index in [1.807, 2.05) is 6.92 Å². The second kappa shape index (κ2) is 3.51. The summed E-state index contributed by atoms with van der Waals surface area (Å²) in [6, 6.07) is -0.436. The van der Waals surface area contributed by atoms with Crippen LogP contribution in [-0.2, 0) is 0 Å². The van der Waals surface area contributed by atoms with Gasteiger partial charge in [0.25, 0.3) is 0 Å². The van der Waals surface area contributed by atoms with Crippen LogP contribution in [0.3, 0.4) is 0 Å². The van der Waals surface area contributed by atoms with Gasteiger partial charge in [0, 0.05) is 13.1 Å².